The van der Waals surface area contributed by atoms with Crippen molar-refractivity contribution in [2.24, 2.45) is 0 Å². The predicted octanol–water partition coefficient (Wildman–Crippen LogP) is 11.0. The van der Waals surface area contributed by atoms with Crippen LogP contribution in [0.15, 0.2) is 158 Å². The van der Waals surface area contributed by atoms with Crippen LogP contribution in [0.4, 0.5) is 0 Å². The van der Waals surface area contributed by atoms with E-state index in [1.165, 1.54) is 32.6 Å². The first-order valence-electron chi connectivity index (χ1n) is 15.9. The first-order chi connectivity index (χ1) is 23.7. The van der Waals surface area contributed by atoms with Gasteiger partial charge in [0.2, 0.25) is 0 Å². The maximum absolute atomic E-state index is 10.0. The average molecular weight is 611 g/mol. The summed E-state index contributed by atoms with van der Waals surface area (Å²) >= 11 is 0. The van der Waals surface area contributed by atoms with Crippen molar-refractivity contribution in [3.8, 4) is 45.8 Å². The number of fused-ring (bicyclic) bond motifs is 7. The van der Waals surface area contributed by atoms with Crippen LogP contribution in [-0.4, -0.2) is 9.13 Å². The van der Waals surface area contributed by atoms with Crippen molar-refractivity contribution in [2.75, 3.05) is 0 Å². The second-order valence-electron chi connectivity index (χ2n) is 12.0. The number of nitriles is 2. The molecular weight excluding hydrogens is 585 g/mol. The standard InChI is InChI=1S/C44H26N4/c45-27-29-19-21-34(32(25-29)28-46)31-20-23-41(38(26-31)30-11-3-1-4-12-30)48-40-18-10-8-16-37(40)43-42(48)24-22-36-35-15-7-9-17-39(35)47(44(36)43)33-13-5-2-6-14-33/h1-26H. The summed E-state index contributed by atoms with van der Waals surface area (Å²) in [5, 5.41) is 24.3. The molecule has 0 aliphatic rings. The second-order valence-corrected chi connectivity index (χ2v) is 12.0. The molecule has 2 heterocycles. The normalized spacial score (nSPS) is 11.3. The van der Waals surface area contributed by atoms with Gasteiger partial charge in [-0.05, 0) is 71.3 Å². The summed E-state index contributed by atoms with van der Waals surface area (Å²) in [6.07, 6.45) is 0. The van der Waals surface area contributed by atoms with Crippen molar-refractivity contribution >= 4 is 43.6 Å². The third kappa shape index (κ3) is 4.07. The molecule has 4 heteroatoms. The number of benzene rings is 7. The van der Waals surface area contributed by atoms with Crippen LogP contribution in [0, 0.1) is 22.7 Å². The summed E-state index contributed by atoms with van der Waals surface area (Å²) in [7, 11) is 0. The monoisotopic (exact) mass is 610 g/mol. The smallest absolute Gasteiger partial charge is 0.0998 e. The van der Waals surface area contributed by atoms with Crippen LogP contribution in [0.3, 0.4) is 0 Å². The predicted molar refractivity (Wildman–Crippen MR) is 195 cm³/mol. The molecule has 0 unspecified atom stereocenters. The molecule has 48 heavy (non-hydrogen) atoms. The van der Waals surface area contributed by atoms with E-state index in [0.29, 0.717) is 11.1 Å². The van der Waals surface area contributed by atoms with E-state index in [2.05, 4.69) is 155 Å². The molecule has 0 saturated heterocycles. The van der Waals surface area contributed by atoms with Gasteiger partial charge in [0, 0.05) is 32.8 Å². The Balaban J connectivity index is 1.40. The number of aromatic nitrogens is 2. The third-order valence-corrected chi connectivity index (χ3v) is 9.39. The van der Waals surface area contributed by atoms with Gasteiger partial charge in [-0.1, -0.05) is 103 Å². The molecule has 9 aromatic rings. The zero-order valence-corrected chi connectivity index (χ0v) is 25.8. The molecule has 0 spiro atoms. The number of hydrogen-bond acceptors (Lipinski definition) is 2. The third-order valence-electron chi connectivity index (χ3n) is 9.39. The molecule has 0 amide bonds. The van der Waals surface area contributed by atoms with Gasteiger partial charge in [0.05, 0.1) is 51.0 Å². The van der Waals surface area contributed by atoms with Crippen LogP contribution in [0.5, 0.6) is 0 Å². The first-order valence-corrected chi connectivity index (χ1v) is 15.9. The van der Waals surface area contributed by atoms with Crippen LogP contribution in [0.1, 0.15) is 11.1 Å². The average Bonchev–Trinajstić information content (AvgIpc) is 3.68. The molecule has 0 radical (unpaired) electrons. The highest BCUT2D eigenvalue weighted by atomic mass is 15.0. The van der Waals surface area contributed by atoms with E-state index in [1.807, 2.05) is 12.1 Å². The molecule has 0 saturated carbocycles. The van der Waals surface area contributed by atoms with Crippen molar-refractivity contribution in [3.05, 3.63) is 169 Å². The van der Waals surface area contributed by atoms with E-state index >= 15 is 0 Å². The zero-order chi connectivity index (χ0) is 32.2. The van der Waals surface area contributed by atoms with Gasteiger partial charge < -0.3 is 9.13 Å². The van der Waals surface area contributed by atoms with Gasteiger partial charge >= 0.3 is 0 Å². The molecule has 222 valence electrons. The van der Waals surface area contributed by atoms with E-state index in [4.69, 9.17) is 0 Å². The van der Waals surface area contributed by atoms with Gasteiger partial charge in [0.1, 0.15) is 0 Å². The lowest BCUT2D eigenvalue weighted by Crippen LogP contribution is -1.99. The highest BCUT2D eigenvalue weighted by Crippen LogP contribution is 2.43. The zero-order valence-electron chi connectivity index (χ0n) is 25.8. The van der Waals surface area contributed by atoms with Crippen LogP contribution >= 0.6 is 0 Å². The molecule has 0 aliphatic carbocycles. The minimum atomic E-state index is 0.472. The van der Waals surface area contributed by atoms with Crippen molar-refractivity contribution in [3.63, 3.8) is 0 Å². The van der Waals surface area contributed by atoms with Crippen molar-refractivity contribution < 1.29 is 0 Å². The molecule has 7 aromatic carbocycles. The quantitative estimate of drug-likeness (QED) is 0.199. The lowest BCUT2D eigenvalue weighted by Gasteiger charge is -2.17. The van der Waals surface area contributed by atoms with E-state index < -0.39 is 0 Å². The number of nitrogens with zero attached hydrogens (tertiary/aromatic N) is 4. The highest BCUT2D eigenvalue weighted by molar-refractivity contribution is 6.26. The molecule has 2 aromatic heterocycles. The summed E-state index contributed by atoms with van der Waals surface area (Å²) < 4.78 is 4.78. The molecule has 9 rings (SSSR count). The van der Waals surface area contributed by atoms with Crippen molar-refractivity contribution in [1.29, 1.82) is 10.5 Å². The fraction of sp³-hybridized carbons (Fsp3) is 0. The van der Waals surface area contributed by atoms with Gasteiger partial charge in [-0.25, -0.2) is 0 Å². The lowest BCUT2D eigenvalue weighted by molar-refractivity contribution is 1.17. The van der Waals surface area contributed by atoms with E-state index in [1.54, 1.807) is 12.1 Å². The first kappa shape index (κ1) is 27.4. The van der Waals surface area contributed by atoms with E-state index in [0.717, 1.165) is 44.7 Å². The van der Waals surface area contributed by atoms with Gasteiger partial charge in [0.15, 0.2) is 0 Å². The summed E-state index contributed by atoms with van der Waals surface area (Å²) in [6.45, 7) is 0. The summed E-state index contributed by atoms with van der Waals surface area (Å²) in [4.78, 5) is 0. The molecule has 0 atom stereocenters. The Labute approximate surface area is 277 Å². The molecular formula is C44H26N4. The van der Waals surface area contributed by atoms with E-state index in [-0.39, 0.29) is 0 Å². The van der Waals surface area contributed by atoms with Crippen LogP contribution < -0.4 is 0 Å². The van der Waals surface area contributed by atoms with Crippen molar-refractivity contribution in [2.45, 2.75) is 0 Å². The highest BCUT2D eigenvalue weighted by Gasteiger charge is 2.22. The Morgan fingerprint density at radius 2 is 1.12 bits per heavy atom. The molecule has 0 N–H and O–H groups in total. The molecule has 0 bridgehead atoms. The van der Waals surface area contributed by atoms with E-state index in [9.17, 15) is 10.5 Å². The Morgan fingerprint density at radius 3 is 1.88 bits per heavy atom. The van der Waals surface area contributed by atoms with Gasteiger partial charge in [0.25, 0.3) is 0 Å². The number of hydrogen-bond donors (Lipinski definition) is 0. The summed E-state index contributed by atoms with van der Waals surface area (Å²) in [5.41, 5.74) is 11.6. The van der Waals surface area contributed by atoms with Crippen molar-refractivity contribution in [1.82, 2.24) is 9.13 Å². The largest absolute Gasteiger partial charge is 0.309 e. The van der Waals surface area contributed by atoms with Gasteiger partial charge in [-0.15, -0.1) is 0 Å². The minimum Gasteiger partial charge on any atom is -0.309 e. The maximum atomic E-state index is 10.0. The molecule has 0 aliphatic heterocycles. The summed E-state index contributed by atoms with van der Waals surface area (Å²) in [5.74, 6) is 0. The number of para-hydroxylation sites is 3. The minimum absolute atomic E-state index is 0.472. The fourth-order valence-electron chi connectivity index (χ4n) is 7.32. The van der Waals surface area contributed by atoms with Crippen LogP contribution in [0.2, 0.25) is 0 Å². The maximum Gasteiger partial charge on any atom is 0.0998 e. The summed E-state index contributed by atoms with van der Waals surface area (Å²) in [6, 6.07) is 59.0. The Kier molecular flexibility index (Phi) is 6.22. The SMILES string of the molecule is N#Cc1ccc(-c2ccc(-n3c4ccccc4c4c3ccc3c5ccccc5n(-c5ccccc5)c34)c(-c3ccccc3)c2)c(C#N)c1. The Hall–Kier alpha value is -6.88. The second kappa shape index (κ2) is 10.9. The topological polar surface area (TPSA) is 57.4 Å². The van der Waals surface area contributed by atoms with Crippen LogP contribution in [0.25, 0.3) is 77.2 Å². The Bertz CT molecular complexity index is 2790. The molecule has 0 fully saturated rings. The van der Waals surface area contributed by atoms with Gasteiger partial charge in [-0.2, -0.15) is 10.5 Å². The fourth-order valence-corrected chi connectivity index (χ4v) is 7.32. The van der Waals surface area contributed by atoms with Gasteiger partial charge in [-0.3, -0.25) is 0 Å². The Morgan fingerprint density at radius 1 is 0.438 bits per heavy atom. The molecule has 4 nitrogen and oxygen atoms in total. The number of rotatable bonds is 4. The van der Waals surface area contributed by atoms with Crippen LogP contribution in [-0.2, 0) is 0 Å². The lowest BCUT2D eigenvalue weighted by atomic mass is 9.94.